The fraction of sp³-hybridized carbons (Fsp3) is 0.600. The Morgan fingerprint density at radius 2 is 1.68 bits per heavy atom. The van der Waals surface area contributed by atoms with Crippen molar-refractivity contribution in [3.63, 3.8) is 0 Å². The minimum atomic E-state index is 0.301. The zero-order valence-corrected chi connectivity index (χ0v) is 20.8. The maximum Gasteiger partial charge on any atom is 0.127 e. The highest BCUT2D eigenvalue weighted by Gasteiger charge is 2.48. The number of ether oxygens (including phenoxy) is 3. The Bertz CT molecular complexity index is 908. The summed E-state index contributed by atoms with van der Waals surface area (Å²) in [6.45, 7) is 4.72. The van der Waals surface area contributed by atoms with Crippen molar-refractivity contribution in [1.29, 1.82) is 0 Å². The Morgan fingerprint density at radius 3 is 2.53 bits per heavy atom. The van der Waals surface area contributed by atoms with E-state index in [1.807, 2.05) is 30.3 Å². The van der Waals surface area contributed by atoms with Gasteiger partial charge in [0, 0.05) is 23.3 Å². The minimum Gasteiger partial charge on any atom is -0.507 e. The second-order valence-electron chi connectivity index (χ2n) is 9.93. The molecule has 0 aromatic heterocycles. The van der Waals surface area contributed by atoms with Gasteiger partial charge >= 0.3 is 0 Å². The number of phenolic OH excluding ortho intramolecular Hbond substituents is 1. The first-order valence-corrected chi connectivity index (χ1v) is 13.5. The quantitative estimate of drug-likeness (QED) is 0.219. The monoisotopic (exact) mass is 466 g/mol. The molecule has 0 radical (unpaired) electrons. The van der Waals surface area contributed by atoms with E-state index in [1.54, 1.807) is 6.07 Å². The van der Waals surface area contributed by atoms with Gasteiger partial charge in [0.15, 0.2) is 0 Å². The molecule has 2 bridgehead atoms. The zero-order valence-electron chi connectivity index (χ0n) is 20.8. The first kappa shape index (κ1) is 25.1. The van der Waals surface area contributed by atoms with Gasteiger partial charge in [-0.1, -0.05) is 62.6 Å². The van der Waals surface area contributed by atoms with Gasteiger partial charge in [0.05, 0.1) is 25.4 Å². The van der Waals surface area contributed by atoms with Crippen molar-refractivity contribution in [2.45, 2.75) is 83.3 Å². The molecule has 2 aliphatic heterocycles. The van der Waals surface area contributed by atoms with Crippen molar-refractivity contribution >= 4 is 10.8 Å². The van der Waals surface area contributed by atoms with Crippen molar-refractivity contribution in [2.24, 2.45) is 11.8 Å². The Hall–Kier alpha value is -2.04. The number of rotatable bonds is 15. The highest BCUT2D eigenvalue weighted by molar-refractivity contribution is 5.92. The number of fused-ring (bicyclic) bond motifs is 3. The molecule has 0 unspecified atom stereocenters. The van der Waals surface area contributed by atoms with Crippen LogP contribution in [0.3, 0.4) is 0 Å². The molecular formula is C30H42O4. The Morgan fingerprint density at radius 1 is 0.882 bits per heavy atom. The summed E-state index contributed by atoms with van der Waals surface area (Å²) < 4.78 is 18.3. The third kappa shape index (κ3) is 6.55. The highest BCUT2D eigenvalue weighted by atomic mass is 16.5. The average molecular weight is 467 g/mol. The molecule has 4 atom stereocenters. The van der Waals surface area contributed by atoms with Crippen LogP contribution in [-0.4, -0.2) is 37.1 Å². The number of hydrogen-bond acceptors (Lipinski definition) is 4. The van der Waals surface area contributed by atoms with Crippen LogP contribution < -0.4 is 4.74 Å². The SMILES string of the molecule is CCCCCCOC[C@@H]1[C@H](C/C=C\CCCCOc2ccc(O)c3ccccc23)[C@@H]2CC[C@@H]1O2. The van der Waals surface area contributed by atoms with E-state index >= 15 is 0 Å². The van der Waals surface area contributed by atoms with Crippen molar-refractivity contribution < 1.29 is 19.3 Å². The fourth-order valence-electron chi connectivity index (χ4n) is 5.58. The van der Waals surface area contributed by atoms with Gasteiger partial charge in [-0.15, -0.1) is 0 Å². The lowest BCUT2D eigenvalue weighted by Crippen LogP contribution is -2.30. The van der Waals surface area contributed by atoms with E-state index in [0.29, 0.717) is 36.4 Å². The number of unbranched alkanes of at least 4 members (excludes halogenated alkanes) is 5. The van der Waals surface area contributed by atoms with E-state index in [-0.39, 0.29) is 0 Å². The molecule has 2 fully saturated rings. The molecule has 4 rings (SSSR count). The molecule has 2 aromatic rings. The van der Waals surface area contributed by atoms with Crippen LogP contribution in [-0.2, 0) is 9.47 Å². The van der Waals surface area contributed by atoms with E-state index < -0.39 is 0 Å². The lowest BCUT2D eigenvalue weighted by atomic mass is 9.78. The van der Waals surface area contributed by atoms with Gasteiger partial charge in [0.1, 0.15) is 11.5 Å². The molecule has 0 spiro atoms. The Kier molecular flexibility index (Phi) is 9.70. The van der Waals surface area contributed by atoms with Crippen LogP contribution in [0.5, 0.6) is 11.5 Å². The van der Waals surface area contributed by atoms with Crippen molar-refractivity contribution in [2.75, 3.05) is 19.8 Å². The summed E-state index contributed by atoms with van der Waals surface area (Å²) in [5, 5.41) is 11.8. The van der Waals surface area contributed by atoms with Crippen LogP contribution in [0, 0.1) is 11.8 Å². The molecule has 2 aromatic carbocycles. The summed E-state index contributed by atoms with van der Waals surface area (Å²) in [7, 11) is 0. The third-order valence-electron chi connectivity index (χ3n) is 7.50. The molecule has 2 saturated heterocycles. The van der Waals surface area contributed by atoms with Crippen molar-refractivity contribution in [3.05, 3.63) is 48.6 Å². The maximum atomic E-state index is 10.0. The van der Waals surface area contributed by atoms with E-state index in [9.17, 15) is 5.11 Å². The summed E-state index contributed by atoms with van der Waals surface area (Å²) in [5.74, 6) is 2.34. The van der Waals surface area contributed by atoms with Crippen LogP contribution in [0.1, 0.15) is 71.1 Å². The molecule has 0 amide bonds. The molecule has 186 valence electrons. The largest absolute Gasteiger partial charge is 0.507 e. The van der Waals surface area contributed by atoms with Crippen LogP contribution >= 0.6 is 0 Å². The first-order valence-electron chi connectivity index (χ1n) is 13.5. The summed E-state index contributed by atoms with van der Waals surface area (Å²) in [5.41, 5.74) is 0. The van der Waals surface area contributed by atoms with Crippen molar-refractivity contribution in [3.8, 4) is 11.5 Å². The molecule has 1 N–H and O–H groups in total. The lowest BCUT2D eigenvalue weighted by Gasteiger charge is -2.27. The number of phenols is 1. The summed E-state index contributed by atoms with van der Waals surface area (Å²) >= 11 is 0. The lowest BCUT2D eigenvalue weighted by molar-refractivity contribution is 0.0478. The average Bonchev–Trinajstić information content (AvgIpc) is 3.46. The third-order valence-corrected chi connectivity index (χ3v) is 7.50. The van der Waals surface area contributed by atoms with Gasteiger partial charge in [-0.25, -0.2) is 0 Å². The highest BCUT2D eigenvalue weighted by Crippen LogP contribution is 2.45. The normalized spacial score (nSPS) is 23.9. The Balaban J connectivity index is 1.12. The molecular weight excluding hydrogens is 424 g/mol. The van der Waals surface area contributed by atoms with Crippen LogP contribution in [0.2, 0.25) is 0 Å². The maximum absolute atomic E-state index is 10.0. The van der Waals surface area contributed by atoms with E-state index in [2.05, 4.69) is 19.1 Å². The van der Waals surface area contributed by atoms with Gasteiger partial charge in [0.25, 0.3) is 0 Å². The summed E-state index contributed by atoms with van der Waals surface area (Å²) in [6.07, 6.45) is 17.4. The molecule has 0 saturated carbocycles. The molecule has 4 nitrogen and oxygen atoms in total. The van der Waals surface area contributed by atoms with Gasteiger partial charge < -0.3 is 19.3 Å². The fourth-order valence-corrected chi connectivity index (χ4v) is 5.58. The molecule has 4 heteroatoms. The smallest absolute Gasteiger partial charge is 0.127 e. The van der Waals surface area contributed by atoms with E-state index in [1.165, 1.54) is 38.5 Å². The van der Waals surface area contributed by atoms with E-state index in [0.717, 1.165) is 55.4 Å². The number of hydrogen-bond donors (Lipinski definition) is 1. The van der Waals surface area contributed by atoms with Gasteiger partial charge in [-0.05, 0) is 63.0 Å². The van der Waals surface area contributed by atoms with Crippen LogP contribution in [0.15, 0.2) is 48.6 Å². The number of benzene rings is 2. The van der Waals surface area contributed by atoms with Gasteiger partial charge in [-0.3, -0.25) is 0 Å². The predicted molar refractivity (Wildman–Crippen MR) is 139 cm³/mol. The molecule has 34 heavy (non-hydrogen) atoms. The minimum absolute atomic E-state index is 0.301. The number of allylic oxidation sites excluding steroid dienone is 2. The van der Waals surface area contributed by atoms with E-state index in [4.69, 9.17) is 14.2 Å². The summed E-state index contributed by atoms with van der Waals surface area (Å²) in [6, 6.07) is 11.4. The van der Waals surface area contributed by atoms with Crippen molar-refractivity contribution in [1.82, 2.24) is 0 Å². The molecule has 2 aliphatic rings. The molecule has 0 aliphatic carbocycles. The van der Waals surface area contributed by atoms with Crippen LogP contribution in [0.4, 0.5) is 0 Å². The summed E-state index contributed by atoms with van der Waals surface area (Å²) in [4.78, 5) is 0. The second kappa shape index (κ2) is 13.2. The van der Waals surface area contributed by atoms with Gasteiger partial charge in [0.2, 0.25) is 0 Å². The first-order chi connectivity index (χ1) is 16.8. The predicted octanol–water partition coefficient (Wildman–Crippen LogP) is 7.43. The van der Waals surface area contributed by atoms with Gasteiger partial charge in [-0.2, -0.15) is 0 Å². The Labute approximate surface area is 205 Å². The molecule has 2 heterocycles. The number of aromatic hydroxyl groups is 1. The van der Waals surface area contributed by atoms with Crippen LogP contribution in [0.25, 0.3) is 10.8 Å². The second-order valence-corrected chi connectivity index (χ2v) is 9.93. The zero-order chi connectivity index (χ0) is 23.6. The standard InChI is InChI=1S/C30H42O4/c1-2-3-4-11-20-32-22-26-25(29-18-19-30(26)34-29)14-8-6-5-7-12-21-33-28-17-16-27(31)23-13-9-10-15-24(23)28/h6,8-10,13,15-17,25-26,29-31H,2-5,7,11-12,14,18-22H2,1H3/b8-6-/t25-,26+,29-,30-/m0/s1. The topological polar surface area (TPSA) is 47.9 Å².